The van der Waals surface area contributed by atoms with Crippen LogP contribution in [0, 0.1) is 0 Å². The van der Waals surface area contributed by atoms with Gasteiger partial charge in [0.05, 0.1) is 5.69 Å². The van der Waals surface area contributed by atoms with Crippen LogP contribution in [0.25, 0.3) is 0 Å². The van der Waals surface area contributed by atoms with Gasteiger partial charge in [-0.1, -0.05) is 18.2 Å². The molecular formula is C11H12ClN5. The molecule has 0 fully saturated rings. The first-order chi connectivity index (χ1) is 7.75. The van der Waals surface area contributed by atoms with Crippen LogP contribution in [0.2, 0.25) is 0 Å². The van der Waals surface area contributed by atoms with Crippen molar-refractivity contribution in [1.29, 1.82) is 0 Å². The van der Waals surface area contributed by atoms with E-state index in [0.29, 0.717) is 11.5 Å². The van der Waals surface area contributed by atoms with E-state index in [1.807, 2.05) is 30.3 Å². The average molecular weight is 250 g/mol. The largest absolute Gasteiger partial charge is 1.00 e. The number of azo groups is 1. The van der Waals surface area contributed by atoms with Crippen LogP contribution in [0.3, 0.4) is 0 Å². The van der Waals surface area contributed by atoms with E-state index in [2.05, 4.69) is 15.2 Å². The average Bonchev–Trinajstić information content (AvgIpc) is 2.29. The number of pyridine rings is 1. The molecule has 2 aromatic rings. The Labute approximate surface area is 106 Å². The summed E-state index contributed by atoms with van der Waals surface area (Å²) in [5, 5.41) is 8.03. The molecule has 0 amide bonds. The number of nitrogens with two attached hydrogens (primary N) is 2. The van der Waals surface area contributed by atoms with Crippen molar-refractivity contribution in [2.24, 2.45) is 10.2 Å². The molecule has 4 N–H and O–H groups in total. The molecule has 0 aliphatic rings. The topological polar surface area (TPSA) is 89.6 Å². The highest BCUT2D eigenvalue weighted by atomic mass is 35.5. The van der Waals surface area contributed by atoms with Gasteiger partial charge in [-0.2, -0.15) is 5.11 Å². The van der Waals surface area contributed by atoms with Gasteiger partial charge in [-0.05, 0) is 24.3 Å². The van der Waals surface area contributed by atoms with Gasteiger partial charge in [0.15, 0.2) is 5.82 Å². The summed E-state index contributed by atoms with van der Waals surface area (Å²) in [5.74, 6) is 0.649. The molecule has 0 aliphatic carbocycles. The van der Waals surface area contributed by atoms with Crippen LogP contribution >= 0.6 is 0 Å². The quantitative estimate of drug-likeness (QED) is 0.721. The molecule has 0 unspecified atom stereocenters. The van der Waals surface area contributed by atoms with Gasteiger partial charge in [0, 0.05) is 0 Å². The number of nitrogens with zero attached hydrogens (tertiary/aromatic N) is 3. The van der Waals surface area contributed by atoms with Gasteiger partial charge in [0.2, 0.25) is 0 Å². The molecule has 1 heterocycles. The number of aromatic nitrogens is 1. The van der Waals surface area contributed by atoms with Crippen molar-refractivity contribution in [1.82, 2.24) is 4.98 Å². The molecule has 0 atom stereocenters. The molecule has 6 heteroatoms. The Balaban J connectivity index is 0.00000144. The standard InChI is InChI=1S/C11H11N5.ClH/c12-10-7-6-9(11(13)14-10)16-15-8-4-2-1-3-5-8;/h1-7H,(H4,12,13,14);1H. The second kappa shape index (κ2) is 5.81. The lowest BCUT2D eigenvalue weighted by molar-refractivity contribution is -0.00000345. The molecule has 0 bridgehead atoms. The summed E-state index contributed by atoms with van der Waals surface area (Å²) in [6.45, 7) is 0. The summed E-state index contributed by atoms with van der Waals surface area (Å²) < 4.78 is 0. The van der Waals surface area contributed by atoms with Crippen molar-refractivity contribution in [2.75, 3.05) is 11.5 Å². The molecule has 2 rings (SSSR count). The monoisotopic (exact) mass is 249 g/mol. The smallest absolute Gasteiger partial charge is 1.00 e. The third-order valence-electron chi connectivity index (χ3n) is 1.95. The van der Waals surface area contributed by atoms with Crippen LogP contribution < -0.4 is 23.9 Å². The Hall–Kier alpha value is -2.14. The number of anilines is 2. The van der Waals surface area contributed by atoms with Gasteiger partial charge < -0.3 is 23.9 Å². The SMILES string of the molecule is Nc1ccc(N=Nc2ccccc2)c(N)n1.[Cl-].[H+]. The maximum Gasteiger partial charge on any atom is 1.00 e. The van der Waals surface area contributed by atoms with Crippen molar-refractivity contribution in [3.8, 4) is 0 Å². The molecular weight excluding hydrogens is 238 g/mol. The summed E-state index contributed by atoms with van der Waals surface area (Å²) in [5.41, 5.74) is 12.4. The summed E-state index contributed by atoms with van der Waals surface area (Å²) in [6.07, 6.45) is 0. The van der Waals surface area contributed by atoms with Crippen LogP contribution in [0.5, 0.6) is 0 Å². The Morgan fingerprint density at radius 2 is 1.65 bits per heavy atom. The number of benzene rings is 1. The lowest BCUT2D eigenvalue weighted by Crippen LogP contribution is -3.00. The molecule has 0 spiro atoms. The first-order valence-corrected chi connectivity index (χ1v) is 4.74. The molecule has 1 aromatic carbocycles. The molecule has 5 nitrogen and oxygen atoms in total. The number of hydrogen-bond donors (Lipinski definition) is 2. The molecule has 0 saturated heterocycles. The van der Waals surface area contributed by atoms with Gasteiger partial charge in [-0.3, -0.25) is 0 Å². The zero-order valence-electron chi connectivity index (χ0n) is 9.92. The molecule has 88 valence electrons. The zero-order chi connectivity index (χ0) is 11.4. The Morgan fingerprint density at radius 3 is 2.29 bits per heavy atom. The van der Waals surface area contributed by atoms with Crippen molar-refractivity contribution in [3.63, 3.8) is 0 Å². The Kier molecular flexibility index (Phi) is 4.42. The highest BCUT2D eigenvalue weighted by Crippen LogP contribution is 2.23. The highest BCUT2D eigenvalue weighted by molar-refractivity contribution is 5.60. The van der Waals surface area contributed by atoms with Gasteiger partial charge >= 0.3 is 1.43 Å². The molecule has 17 heavy (non-hydrogen) atoms. The second-order valence-corrected chi connectivity index (χ2v) is 3.18. The maximum atomic E-state index is 5.64. The maximum absolute atomic E-state index is 5.64. The van der Waals surface area contributed by atoms with Crippen molar-refractivity contribution in [2.45, 2.75) is 0 Å². The van der Waals surface area contributed by atoms with E-state index < -0.39 is 0 Å². The van der Waals surface area contributed by atoms with Gasteiger partial charge in [0.25, 0.3) is 0 Å². The van der Waals surface area contributed by atoms with E-state index in [4.69, 9.17) is 11.5 Å². The van der Waals surface area contributed by atoms with E-state index in [1.54, 1.807) is 12.1 Å². The Morgan fingerprint density at radius 1 is 0.941 bits per heavy atom. The minimum absolute atomic E-state index is 0. The fourth-order valence-corrected chi connectivity index (χ4v) is 1.17. The number of nitrogen functional groups attached to an aromatic ring is 2. The molecule has 0 aliphatic heterocycles. The van der Waals surface area contributed by atoms with E-state index in [0.717, 1.165) is 5.69 Å². The molecule has 0 radical (unpaired) electrons. The third-order valence-corrected chi connectivity index (χ3v) is 1.95. The summed E-state index contributed by atoms with van der Waals surface area (Å²) in [6, 6.07) is 12.7. The summed E-state index contributed by atoms with van der Waals surface area (Å²) in [4.78, 5) is 3.89. The number of rotatable bonds is 2. The second-order valence-electron chi connectivity index (χ2n) is 3.18. The third kappa shape index (κ3) is 3.42. The lowest BCUT2D eigenvalue weighted by Gasteiger charge is -1.98. The van der Waals surface area contributed by atoms with Crippen LogP contribution in [-0.4, -0.2) is 4.98 Å². The van der Waals surface area contributed by atoms with E-state index >= 15 is 0 Å². The fourth-order valence-electron chi connectivity index (χ4n) is 1.17. The van der Waals surface area contributed by atoms with E-state index in [-0.39, 0.29) is 19.7 Å². The van der Waals surface area contributed by atoms with Gasteiger partial charge in [-0.15, -0.1) is 5.11 Å². The Bertz CT molecular complexity index is 518. The summed E-state index contributed by atoms with van der Waals surface area (Å²) >= 11 is 0. The van der Waals surface area contributed by atoms with Gasteiger partial charge in [0.1, 0.15) is 11.5 Å². The lowest BCUT2D eigenvalue weighted by atomic mass is 10.3. The van der Waals surface area contributed by atoms with Crippen molar-refractivity contribution >= 4 is 23.0 Å². The highest BCUT2D eigenvalue weighted by Gasteiger charge is 1.98. The fraction of sp³-hybridized carbons (Fsp3) is 0. The number of hydrogen-bond acceptors (Lipinski definition) is 5. The van der Waals surface area contributed by atoms with Crippen molar-refractivity contribution in [3.05, 3.63) is 42.5 Å². The molecule has 1 aromatic heterocycles. The van der Waals surface area contributed by atoms with Crippen LogP contribution in [0.4, 0.5) is 23.0 Å². The van der Waals surface area contributed by atoms with Crippen LogP contribution in [0.15, 0.2) is 52.7 Å². The minimum atomic E-state index is 0. The first-order valence-electron chi connectivity index (χ1n) is 4.74. The van der Waals surface area contributed by atoms with Gasteiger partial charge in [-0.25, -0.2) is 4.98 Å². The minimum Gasteiger partial charge on any atom is -1.00 e. The number of halogens is 1. The summed E-state index contributed by atoms with van der Waals surface area (Å²) in [7, 11) is 0. The zero-order valence-corrected chi connectivity index (χ0v) is 9.67. The molecule has 0 saturated carbocycles. The normalized spacial score (nSPS) is 10.1. The van der Waals surface area contributed by atoms with Crippen LogP contribution in [0.1, 0.15) is 1.43 Å². The van der Waals surface area contributed by atoms with Crippen LogP contribution in [-0.2, 0) is 0 Å². The predicted octanol–water partition coefficient (Wildman–Crippen LogP) is -0.222. The van der Waals surface area contributed by atoms with E-state index in [1.165, 1.54) is 0 Å². The first kappa shape index (κ1) is 12.9. The predicted molar refractivity (Wildman–Crippen MR) is 64.8 cm³/mol. The van der Waals surface area contributed by atoms with Crippen molar-refractivity contribution < 1.29 is 13.8 Å². The van der Waals surface area contributed by atoms with E-state index in [9.17, 15) is 0 Å².